The van der Waals surface area contributed by atoms with E-state index in [4.69, 9.17) is 0 Å². The average Bonchev–Trinajstić information content (AvgIpc) is 2.62. The molecule has 0 aliphatic heterocycles. The topological polar surface area (TPSA) is 68.3 Å². The van der Waals surface area contributed by atoms with Gasteiger partial charge in [-0.15, -0.1) is 0 Å². The van der Waals surface area contributed by atoms with E-state index in [9.17, 15) is 19.2 Å². The van der Waals surface area contributed by atoms with Gasteiger partial charge in [0.25, 0.3) is 0 Å². The molecule has 148 valence electrons. The Morgan fingerprint density at radius 2 is 0.607 bits per heavy atom. The van der Waals surface area contributed by atoms with E-state index in [-0.39, 0.29) is 46.8 Å². The number of rotatable bonds is 0. The highest BCUT2D eigenvalue weighted by molar-refractivity contribution is 6.12. The molecule has 0 N–H and O–H groups in total. The molecule has 0 saturated heterocycles. The highest BCUT2D eigenvalue weighted by Crippen LogP contribution is 2.61. The first-order valence-electron chi connectivity index (χ1n) is 10.7. The van der Waals surface area contributed by atoms with Crippen molar-refractivity contribution in [1.82, 2.24) is 0 Å². The van der Waals surface area contributed by atoms with Gasteiger partial charge in [-0.05, 0) is 53.4 Å². The van der Waals surface area contributed by atoms with Gasteiger partial charge in [0.15, 0.2) is 0 Å². The van der Waals surface area contributed by atoms with Crippen LogP contribution in [0.4, 0.5) is 0 Å². The summed E-state index contributed by atoms with van der Waals surface area (Å²) in [4.78, 5) is 53.4. The fourth-order valence-electron chi connectivity index (χ4n) is 6.93. The molecule has 3 fully saturated rings. The van der Waals surface area contributed by atoms with Gasteiger partial charge in [-0.3, -0.25) is 19.2 Å². The first-order chi connectivity index (χ1) is 13.2. The third-order valence-electron chi connectivity index (χ3n) is 8.86. The standard InChI is InChI=1S/C24H28O4/c1-9-5-13-14(6-10(9)2)22(26)18-17(21(13)25)19-20(18)24(28)16-8-12(4)11(3)7-15(16)23(19)27/h13-20H,5-8H2,1-4H3/t13-,14+,15-,16+,17?,18?,19?,20?. The van der Waals surface area contributed by atoms with E-state index in [1.54, 1.807) is 0 Å². The largest absolute Gasteiger partial charge is 0.299 e. The lowest BCUT2D eigenvalue weighted by Crippen LogP contribution is -2.70. The number of carbonyl (C=O) groups excluding carboxylic acids is 4. The maximum Gasteiger partial charge on any atom is 0.141 e. The van der Waals surface area contributed by atoms with Crippen LogP contribution in [0.3, 0.4) is 0 Å². The summed E-state index contributed by atoms with van der Waals surface area (Å²) in [6.45, 7) is 8.16. The fourth-order valence-corrected chi connectivity index (χ4v) is 6.93. The van der Waals surface area contributed by atoms with Crippen molar-refractivity contribution in [2.45, 2.75) is 53.4 Å². The Morgan fingerprint density at radius 1 is 0.429 bits per heavy atom. The van der Waals surface area contributed by atoms with Crippen molar-refractivity contribution in [2.75, 3.05) is 0 Å². The summed E-state index contributed by atoms with van der Waals surface area (Å²) in [5.41, 5.74) is 4.80. The fraction of sp³-hybridized carbons (Fsp3) is 0.667. The van der Waals surface area contributed by atoms with Gasteiger partial charge in [0.05, 0.1) is 0 Å². The van der Waals surface area contributed by atoms with E-state index in [1.165, 1.54) is 22.3 Å². The summed E-state index contributed by atoms with van der Waals surface area (Å²) in [6.07, 6.45) is 2.54. The smallest absolute Gasteiger partial charge is 0.141 e. The van der Waals surface area contributed by atoms with Gasteiger partial charge in [0.2, 0.25) is 0 Å². The van der Waals surface area contributed by atoms with Crippen LogP contribution in [0.1, 0.15) is 53.4 Å². The van der Waals surface area contributed by atoms with Gasteiger partial charge < -0.3 is 0 Å². The molecule has 5 aliphatic rings. The second kappa shape index (κ2) is 5.84. The number of hydrogen-bond acceptors (Lipinski definition) is 4. The predicted octanol–water partition coefficient (Wildman–Crippen LogP) is 3.49. The van der Waals surface area contributed by atoms with Crippen LogP contribution >= 0.6 is 0 Å². The van der Waals surface area contributed by atoms with Crippen LogP contribution in [0.15, 0.2) is 22.3 Å². The quantitative estimate of drug-likeness (QED) is 0.603. The van der Waals surface area contributed by atoms with Gasteiger partial charge in [0.1, 0.15) is 23.1 Å². The summed E-state index contributed by atoms with van der Waals surface area (Å²) in [7, 11) is 0. The summed E-state index contributed by atoms with van der Waals surface area (Å²) in [5.74, 6) is -2.92. The average molecular weight is 380 g/mol. The van der Waals surface area contributed by atoms with E-state index in [0.29, 0.717) is 25.7 Å². The minimum atomic E-state index is -0.533. The molecule has 0 aromatic rings. The van der Waals surface area contributed by atoms with E-state index < -0.39 is 23.7 Å². The third-order valence-corrected chi connectivity index (χ3v) is 8.86. The Hall–Kier alpha value is -1.84. The Balaban J connectivity index is 1.52. The van der Waals surface area contributed by atoms with E-state index >= 15 is 0 Å². The molecule has 0 spiro atoms. The second-order valence-electron chi connectivity index (χ2n) is 10.1. The SMILES string of the molecule is CC1=C(C)C[C@H]2C(=O)C3C(C(=O)[C@H]2C1)C1C(=O)[C@H]2CC(C)=C(C)C[C@H]2C(=O)C13. The van der Waals surface area contributed by atoms with Gasteiger partial charge >= 0.3 is 0 Å². The number of allylic oxidation sites excluding steroid dienone is 4. The van der Waals surface area contributed by atoms with Crippen LogP contribution in [0.5, 0.6) is 0 Å². The molecule has 4 heteroatoms. The lowest BCUT2D eigenvalue weighted by molar-refractivity contribution is -0.184. The number of ketones is 4. The Labute approximate surface area is 165 Å². The maximum atomic E-state index is 13.4. The lowest BCUT2D eigenvalue weighted by atomic mass is 9.40. The van der Waals surface area contributed by atoms with Crippen LogP contribution in [-0.4, -0.2) is 23.1 Å². The summed E-state index contributed by atoms with van der Waals surface area (Å²) >= 11 is 0. The van der Waals surface area contributed by atoms with Crippen LogP contribution in [0, 0.1) is 47.3 Å². The molecule has 0 aromatic heterocycles. The molecule has 4 unspecified atom stereocenters. The monoisotopic (exact) mass is 380 g/mol. The Morgan fingerprint density at radius 3 is 0.786 bits per heavy atom. The predicted molar refractivity (Wildman–Crippen MR) is 103 cm³/mol. The van der Waals surface area contributed by atoms with E-state index in [0.717, 1.165) is 0 Å². The first kappa shape index (κ1) is 18.2. The second-order valence-corrected chi connectivity index (χ2v) is 10.1. The molecule has 0 amide bonds. The Bertz CT molecular complexity index is 750. The van der Waals surface area contributed by atoms with E-state index in [1.807, 2.05) is 27.7 Å². The van der Waals surface area contributed by atoms with Crippen molar-refractivity contribution in [3.63, 3.8) is 0 Å². The van der Waals surface area contributed by atoms with Crippen molar-refractivity contribution in [1.29, 1.82) is 0 Å². The van der Waals surface area contributed by atoms with Crippen LogP contribution in [0.25, 0.3) is 0 Å². The minimum Gasteiger partial charge on any atom is -0.299 e. The van der Waals surface area contributed by atoms with Crippen molar-refractivity contribution in [3.8, 4) is 0 Å². The molecule has 0 heterocycles. The van der Waals surface area contributed by atoms with Gasteiger partial charge in [0, 0.05) is 47.3 Å². The zero-order valence-corrected chi connectivity index (χ0v) is 17.1. The molecule has 28 heavy (non-hydrogen) atoms. The minimum absolute atomic E-state index is 0.0848. The van der Waals surface area contributed by atoms with Gasteiger partial charge in [-0.1, -0.05) is 22.3 Å². The number of fused-ring (bicyclic) bond motifs is 6. The number of Topliss-reactive ketones (excluding diaryl/α,β-unsaturated/α-hetero) is 4. The van der Waals surface area contributed by atoms with Crippen LogP contribution in [0.2, 0.25) is 0 Å². The third kappa shape index (κ3) is 2.12. The van der Waals surface area contributed by atoms with Crippen LogP contribution in [-0.2, 0) is 19.2 Å². The highest BCUT2D eigenvalue weighted by Gasteiger charge is 2.70. The van der Waals surface area contributed by atoms with Gasteiger partial charge in [-0.25, -0.2) is 0 Å². The van der Waals surface area contributed by atoms with Crippen LogP contribution < -0.4 is 0 Å². The van der Waals surface area contributed by atoms with Crippen molar-refractivity contribution >= 4 is 23.1 Å². The van der Waals surface area contributed by atoms with Crippen molar-refractivity contribution in [2.24, 2.45) is 47.3 Å². The van der Waals surface area contributed by atoms with Crippen molar-refractivity contribution in [3.05, 3.63) is 22.3 Å². The van der Waals surface area contributed by atoms with E-state index in [2.05, 4.69) is 0 Å². The molecular formula is C24H28O4. The van der Waals surface area contributed by atoms with Gasteiger partial charge in [-0.2, -0.15) is 0 Å². The molecule has 5 rings (SSSR count). The highest BCUT2D eigenvalue weighted by atomic mass is 16.2. The number of hydrogen-bond donors (Lipinski definition) is 0. The molecule has 8 atom stereocenters. The maximum absolute atomic E-state index is 13.4. The number of carbonyl (C=O) groups is 4. The summed E-state index contributed by atoms with van der Waals surface area (Å²) < 4.78 is 0. The molecule has 4 nitrogen and oxygen atoms in total. The lowest BCUT2D eigenvalue weighted by Gasteiger charge is -2.59. The normalized spacial score (nSPS) is 45.3. The molecule has 0 bridgehead atoms. The molecule has 3 saturated carbocycles. The Kier molecular flexibility index (Phi) is 3.80. The zero-order valence-electron chi connectivity index (χ0n) is 17.1. The summed E-state index contributed by atoms with van der Waals surface area (Å²) in [6, 6.07) is 0. The molecule has 0 radical (unpaired) electrons. The zero-order chi connectivity index (χ0) is 20.1. The van der Waals surface area contributed by atoms with Crippen molar-refractivity contribution < 1.29 is 19.2 Å². The molecule has 0 aromatic carbocycles. The first-order valence-corrected chi connectivity index (χ1v) is 10.7. The molecular weight excluding hydrogens is 352 g/mol. The summed E-state index contributed by atoms with van der Waals surface area (Å²) in [5, 5.41) is 0. The molecule has 5 aliphatic carbocycles.